The Morgan fingerprint density at radius 3 is 2.67 bits per heavy atom. The van der Waals surface area contributed by atoms with E-state index in [9.17, 15) is 19.7 Å². The van der Waals surface area contributed by atoms with Crippen LogP contribution in [-0.4, -0.2) is 33.5 Å². The standard InChI is InChI=1S/C18H15N5O4/c24-16-2-1-9-22(16)12-5-3-11(4-6-12)18(25)19-17-14-10-13(23(26)27)7-8-15(14)20-21-17/h3-8,10H,1-2,9H2,(H2,19,20,21,25). The number of nitrogens with one attached hydrogen (secondary N) is 2. The highest BCUT2D eigenvalue weighted by molar-refractivity contribution is 6.08. The van der Waals surface area contributed by atoms with E-state index >= 15 is 0 Å². The highest BCUT2D eigenvalue weighted by Gasteiger charge is 2.22. The van der Waals surface area contributed by atoms with Crippen LogP contribution in [0.5, 0.6) is 0 Å². The monoisotopic (exact) mass is 365 g/mol. The Balaban J connectivity index is 1.55. The van der Waals surface area contributed by atoms with Gasteiger partial charge in [0.2, 0.25) is 5.91 Å². The molecule has 0 bridgehead atoms. The maximum atomic E-state index is 12.5. The molecule has 136 valence electrons. The lowest BCUT2D eigenvalue weighted by Crippen LogP contribution is -2.23. The van der Waals surface area contributed by atoms with Crippen LogP contribution in [0.4, 0.5) is 17.2 Å². The first-order valence-corrected chi connectivity index (χ1v) is 8.37. The maximum Gasteiger partial charge on any atom is 0.270 e. The van der Waals surface area contributed by atoms with Gasteiger partial charge in [-0.25, -0.2) is 0 Å². The van der Waals surface area contributed by atoms with Gasteiger partial charge in [-0.3, -0.25) is 24.8 Å². The first-order valence-electron chi connectivity index (χ1n) is 8.37. The Morgan fingerprint density at radius 1 is 1.22 bits per heavy atom. The van der Waals surface area contributed by atoms with Crippen LogP contribution in [0.3, 0.4) is 0 Å². The summed E-state index contributed by atoms with van der Waals surface area (Å²) >= 11 is 0. The first kappa shape index (κ1) is 16.7. The van der Waals surface area contributed by atoms with Crippen molar-refractivity contribution in [1.82, 2.24) is 10.2 Å². The molecule has 1 aliphatic heterocycles. The van der Waals surface area contributed by atoms with E-state index in [-0.39, 0.29) is 17.4 Å². The van der Waals surface area contributed by atoms with Crippen molar-refractivity contribution in [3.05, 3.63) is 58.1 Å². The molecule has 2 aromatic carbocycles. The molecule has 9 nitrogen and oxygen atoms in total. The minimum absolute atomic E-state index is 0.0804. The Kier molecular flexibility index (Phi) is 4.03. The summed E-state index contributed by atoms with van der Waals surface area (Å²) in [5, 5.41) is 20.8. The molecule has 2 N–H and O–H groups in total. The average Bonchev–Trinajstić information content (AvgIpc) is 3.27. The van der Waals surface area contributed by atoms with Crippen molar-refractivity contribution in [2.75, 3.05) is 16.8 Å². The molecule has 27 heavy (non-hydrogen) atoms. The van der Waals surface area contributed by atoms with Crippen molar-refractivity contribution >= 4 is 39.9 Å². The summed E-state index contributed by atoms with van der Waals surface area (Å²) in [6, 6.07) is 11.0. The lowest BCUT2D eigenvalue weighted by Gasteiger charge is -2.15. The molecule has 0 spiro atoms. The van der Waals surface area contributed by atoms with Crippen LogP contribution in [0.1, 0.15) is 23.2 Å². The Hall–Kier alpha value is -3.75. The average molecular weight is 365 g/mol. The summed E-state index contributed by atoms with van der Waals surface area (Å²) in [5.74, 6) is -0.0940. The van der Waals surface area contributed by atoms with E-state index in [0.717, 1.165) is 12.1 Å². The number of carbonyl (C=O) groups is 2. The number of non-ortho nitro benzene ring substituents is 1. The minimum Gasteiger partial charge on any atom is -0.312 e. The predicted molar refractivity (Wildman–Crippen MR) is 98.7 cm³/mol. The third kappa shape index (κ3) is 3.10. The number of anilines is 2. The van der Waals surface area contributed by atoms with Crippen LogP contribution in [0.15, 0.2) is 42.5 Å². The molecule has 0 unspecified atom stereocenters. The van der Waals surface area contributed by atoms with E-state index in [2.05, 4.69) is 15.5 Å². The Labute approximate surface area is 153 Å². The molecule has 0 radical (unpaired) electrons. The van der Waals surface area contributed by atoms with Crippen molar-refractivity contribution < 1.29 is 14.5 Å². The van der Waals surface area contributed by atoms with Crippen LogP contribution in [0, 0.1) is 10.1 Å². The molecule has 1 fully saturated rings. The van der Waals surface area contributed by atoms with Gasteiger partial charge in [-0.1, -0.05) is 0 Å². The smallest absolute Gasteiger partial charge is 0.270 e. The Bertz CT molecular complexity index is 1060. The number of aromatic nitrogens is 2. The van der Waals surface area contributed by atoms with Crippen LogP contribution in [0.2, 0.25) is 0 Å². The van der Waals surface area contributed by atoms with Crippen LogP contribution >= 0.6 is 0 Å². The van der Waals surface area contributed by atoms with Gasteiger partial charge in [0.05, 0.1) is 15.8 Å². The number of H-pyrrole nitrogens is 1. The van der Waals surface area contributed by atoms with E-state index in [1.165, 1.54) is 18.2 Å². The van der Waals surface area contributed by atoms with E-state index in [4.69, 9.17) is 0 Å². The van der Waals surface area contributed by atoms with Crippen LogP contribution in [0.25, 0.3) is 10.9 Å². The normalized spacial score (nSPS) is 13.9. The minimum atomic E-state index is -0.504. The topological polar surface area (TPSA) is 121 Å². The van der Waals surface area contributed by atoms with Crippen molar-refractivity contribution in [3.8, 4) is 0 Å². The number of nitro groups is 1. The SMILES string of the molecule is O=C(Nc1n[nH]c2ccc([N+](=O)[O-])cc12)c1ccc(N2CCCC2=O)cc1. The van der Waals surface area contributed by atoms with Crippen LogP contribution in [-0.2, 0) is 4.79 Å². The largest absolute Gasteiger partial charge is 0.312 e. The molecule has 2 amide bonds. The molecule has 0 aliphatic carbocycles. The number of nitrogens with zero attached hydrogens (tertiary/aromatic N) is 3. The summed E-state index contributed by atoms with van der Waals surface area (Å²) < 4.78 is 0. The molecular formula is C18H15N5O4. The zero-order valence-corrected chi connectivity index (χ0v) is 14.1. The zero-order valence-electron chi connectivity index (χ0n) is 14.1. The molecule has 9 heteroatoms. The van der Waals surface area contributed by atoms with Gasteiger partial charge in [-0.2, -0.15) is 5.10 Å². The predicted octanol–water partition coefficient (Wildman–Crippen LogP) is 2.85. The zero-order chi connectivity index (χ0) is 19.0. The van der Waals surface area contributed by atoms with Gasteiger partial charge in [0.15, 0.2) is 5.82 Å². The molecule has 1 aromatic heterocycles. The van der Waals surface area contributed by atoms with Crippen molar-refractivity contribution in [1.29, 1.82) is 0 Å². The summed E-state index contributed by atoms with van der Waals surface area (Å²) in [5.41, 5.74) is 1.65. The second-order valence-electron chi connectivity index (χ2n) is 6.21. The van der Waals surface area contributed by atoms with Gasteiger partial charge in [0.25, 0.3) is 11.6 Å². The van der Waals surface area contributed by atoms with Crippen molar-refractivity contribution in [3.63, 3.8) is 0 Å². The van der Waals surface area contributed by atoms with E-state index in [0.29, 0.717) is 29.4 Å². The quantitative estimate of drug-likeness (QED) is 0.544. The van der Waals surface area contributed by atoms with E-state index < -0.39 is 10.8 Å². The summed E-state index contributed by atoms with van der Waals surface area (Å²) in [4.78, 5) is 36.4. The lowest BCUT2D eigenvalue weighted by atomic mass is 10.1. The molecule has 4 rings (SSSR count). The van der Waals surface area contributed by atoms with Gasteiger partial charge in [-0.05, 0) is 36.8 Å². The number of fused-ring (bicyclic) bond motifs is 1. The van der Waals surface area contributed by atoms with Gasteiger partial charge >= 0.3 is 0 Å². The third-order valence-corrected chi connectivity index (χ3v) is 4.50. The number of hydrogen-bond acceptors (Lipinski definition) is 5. The van der Waals surface area contributed by atoms with Crippen LogP contribution < -0.4 is 10.2 Å². The molecule has 1 saturated heterocycles. The lowest BCUT2D eigenvalue weighted by molar-refractivity contribution is -0.384. The number of carbonyl (C=O) groups excluding carboxylic acids is 2. The van der Waals surface area contributed by atoms with Crippen molar-refractivity contribution in [2.45, 2.75) is 12.8 Å². The fourth-order valence-corrected chi connectivity index (χ4v) is 3.10. The molecule has 3 aromatic rings. The number of aromatic amines is 1. The molecular weight excluding hydrogens is 350 g/mol. The number of rotatable bonds is 4. The summed E-state index contributed by atoms with van der Waals surface area (Å²) in [7, 11) is 0. The van der Waals surface area contributed by atoms with E-state index in [1.807, 2.05) is 0 Å². The highest BCUT2D eigenvalue weighted by atomic mass is 16.6. The molecule has 0 saturated carbocycles. The van der Waals surface area contributed by atoms with E-state index in [1.54, 1.807) is 29.2 Å². The molecule has 0 atom stereocenters. The molecule has 2 heterocycles. The fourth-order valence-electron chi connectivity index (χ4n) is 3.10. The van der Waals surface area contributed by atoms with Gasteiger partial charge in [0.1, 0.15) is 0 Å². The maximum absolute atomic E-state index is 12.5. The fraction of sp³-hybridized carbons (Fsp3) is 0.167. The van der Waals surface area contributed by atoms with Crippen molar-refractivity contribution in [2.24, 2.45) is 0 Å². The van der Waals surface area contributed by atoms with Gasteiger partial charge in [-0.15, -0.1) is 0 Å². The first-order chi connectivity index (χ1) is 13.0. The number of amides is 2. The van der Waals surface area contributed by atoms with Gasteiger partial charge < -0.3 is 10.2 Å². The highest BCUT2D eigenvalue weighted by Crippen LogP contribution is 2.26. The Morgan fingerprint density at radius 2 is 2.00 bits per heavy atom. The number of hydrogen-bond donors (Lipinski definition) is 2. The van der Waals surface area contributed by atoms with Gasteiger partial charge in [0, 0.05) is 36.3 Å². The number of nitro benzene ring substituents is 1. The number of benzene rings is 2. The second-order valence-corrected chi connectivity index (χ2v) is 6.21. The summed E-state index contributed by atoms with van der Waals surface area (Å²) in [6.45, 7) is 0.683. The third-order valence-electron chi connectivity index (χ3n) is 4.50. The summed E-state index contributed by atoms with van der Waals surface area (Å²) in [6.07, 6.45) is 1.38. The molecule has 1 aliphatic rings. The second kappa shape index (κ2) is 6.52.